The molecular formula is C13H21ClN2O3S. The van der Waals surface area contributed by atoms with Crippen molar-refractivity contribution in [3.8, 4) is 5.75 Å². The Morgan fingerprint density at radius 2 is 2.15 bits per heavy atom. The molecule has 1 heterocycles. The highest BCUT2D eigenvalue weighted by Crippen LogP contribution is 2.27. The number of hydrogen-bond acceptors (Lipinski definition) is 4. The first-order valence-corrected chi connectivity index (χ1v) is 7.78. The van der Waals surface area contributed by atoms with Crippen LogP contribution in [0.25, 0.3) is 0 Å². The molecule has 0 amide bonds. The molecule has 0 aromatic heterocycles. The fourth-order valence-electron chi connectivity index (χ4n) is 2.39. The van der Waals surface area contributed by atoms with Gasteiger partial charge in [-0.1, -0.05) is 0 Å². The Bertz CT molecular complexity index is 563. The minimum atomic E-state index is -3.42. The lowest BCUT2D eigenvalue weighted by atomic mass is 10.1. The molecule has 0 bridgehead atoms. The van der Waals surface area contributed by atoms with Gasteiger partial charge in [-0.15, -0.1) is 12.4 Å². The van der Waals surface area contributed by atoms with Gasteiger partial charge in [-0.25, -0.2) is 8.42 Å². The third-order valence-electron chi connectivity index (χ3n) is 3.58. The van der Waals surface area contributed by atoms with E-state index in [2.05, 4.69) is 0 Å². The van der Waals surface area contributed by atoms with Crippen LogP contribution >= 0.6 is 12.4 Å². The molecule has 20 heavy (non-hydrogen) atoms. The minimum absolute atomic E-state index is 0. The average Bonchev–Trinajstić information content (AvgIpc) is 2.87. The van der Waals surface area contributed by atoms with Crippen LogP contribution in [0.15, 0.2) is 23.1 Å². The van der Waals surface area contributed by atoms with E-state index in [1.54, 1.807) is 32.2 Å². The largest absolute Gasteiger partial charge is 0.497 e. The molecule has 5 nitrogen and oxygen atoms in total. The van der Waals surface area contributed by atoms with Crippen molar-refractivity contribution in [3.05, 3.63) is 23.8 Å². The predicted molar refractivity (Wildman–Crippen MR) is 80.9 cm³/mol. The zero-order valence-corrected chi connectivity index (χ0v) is 13.3. The van der Waals surface area contributed by atoms with E-state index in [9.17, 15) is 8.42 Å². The molecule has 1 atom stereocenters. The number of methoxy groups -OCH3 is 1. The first-order chi connectivity index (χ1) is 8.98. The highest BCUT2D eigenvalue weighted by atomic mass is 35.5. The highest BCUT2D eigenvalue weighted by molar-refractivity contribution is 7.89. The molecule has 1 aliphatic heterocycles. The Kier molecular flexibility index (Phi) is 5.82. The molecule has 0 radical (unpaired) electrons. The summed E-state index contributed by atoms with van der Waals surface area (Å²) >= 11 is 0. The lowest BCUT2D eigenvalue weighted by molar-refractivity contribution is 0.413. The topological polar surface area (TPSA) is 72.6 Å². The Hall–Kier alpha value is -0.820. The number of nitrogens with zero attached hydrogens (tertiary/aromatic N) is 1. The van der Waals surface area contributed by atoms with Gasteiger partial charge in [0.2, 0.25) is 10.0 Å². The average molecular weight is 321 g/mol. The smallest absolute Gasteiger partial charge is 0.243 e. The quantitative estimate of drug-likeness (QED) is 0.910. The summed E-state index contributed by atoms with van der Waals surface area (Å²) in [5, 5.41) is 0. The summed E-state index contributed by atoms with van der Waals surface area (Å²) in [7, 11) is -1.85. The fourth-order valence-corrected chi connectivity index (χ4v) is 4.12. The first-order valence-electron chi connectivity index (χ1n) is 6.34. The minimum Gasteiger partial charge on any atom is -0.497 e. The molecular weight excluding hydrogens is 300 g/mol. The molecule has 0 saturated carbocycles. The summed E-state index contributed by atoms with van der Waals surface area (Å²) in [6.45, 7) is 3.39. The number of aryl methyl sites for hydroxylation is 1. The van der Waals surface area contributed by atoms with Gasteiger partial charge in [-0.2, -0.15) is 4.31 Å². The van der Waals surface area contributed by atoms with Gasteiger partial charge >= 0.3 is 0 Å². The van der Waals surface area contributed by atoms with Crippen molar-refractivity contribution < 1.29 is 13.2 Å². The molecule has 114 valence electrons. The number of rotatable bonds is 4. The van der Waals surface area contributed by atoms with Crippen molar-refractivity contribution in [1.29, 1.82) is 0 Å². The first kappa shape index (κ1) is 17.2. The van der Waals surface area contributed by atoms with Gasteiger partial charge < -0.3 is 10.5 Å². The summed E-state index contributed by atoms with van der Waals surface area (Å²) in [5.74, 6) is 0.936. The predicted octanol–water partition coefficient (Wildman–Crippen LogP) is 1.39. The summed E-state index contributed by atoms with van der Waals surface area (Å²) in [6.07, 6.45) is 0.838. The van der Waals surface area contributed by atoms with Crippen molar-refractivity contribution in [1.82, 2.24) is 4.31 Å². The van der Waals surface area contributed by atoms with Crippen LogP contribution < -0.4 is 10.5 Å². The Morgan fingerprint density at radius 1 is 1.45 bits per heavy atom. The number of ether oxygens (including phenoxy) is 1. The third kappa shape index (κ3) is 3.25. The fraction of sp³-hybridized carbons (Fsp3) is 0.538. The van der Waals surface area contributed by atoms with Crippen LogP contribution in [0.2, 0.25) is 0 Å². The normalized spacial score (nSPS) is 19.6. The zero-order chi connectivity index (χ0) is 14.0. The van der Waals surface area contributed by atoms with Crippen molar-refractivity contribution in [2.45, 2.75) is 18.2 Å². The SMILES string of the molecule is COc1ccc(S(=O)(=O)N2CCC(CN)C2)c(C)c1.Cl. The summed E-state index contributed by atoms with van der Waals surface area (Å²) in [5.41, 5.74) is 6.31. The van der Waals surface area contributed by atoms with Gasteiger partial charge in [-0.05, 0) is 49.6 Å². The summed E-state index contributed by atoms with van der Waals surface area (Å²) < 4.78 is 31.7. The van der Waals surface area contributed by atoms with E-state index in [0.29, 0.717) is 35.8 Å². The van der Waals surface area contributed by atoms with Gasteiger partial charge in [0.1, 0.15) is 5.75 Å². The van der Waals surface area contributed by atoms with Gasteiger partial charge in [-0.3, -0.25) is 0 Å². The van der Waals surface area contributed by atoms with Crippen molar-refractivity contribution in [2.24, 2.45) is 11.7 Å². The molecule has 2 N–H and O–H groups in total. The van der Waals surface area contributed by atoms with E-state index in [1.807, 2.05) is 0 Å². The third-order valence-corrected chi connectivity index (χ3v) is 5.61. The number of sulfonamides is 1. The number of benzene rings is 1. The van der Waals surface area contributed by atoms with E-state index >= 15 is 0 Å². The lowest BCUT2D eigenvalue weighted by Crippen LogP contribution is -2.30. The van der Waals surface area contributed by atoms with Crippen LogP contribution in [-0.2, 0) is 10.0 Å². The van der Waals surface area contributed by atoms with Gasteiger partial charge in [0.25, 0.3) is 0 Å². The Labute approximate surface area is 126 Å². The molecule has 2 rings (SSSR count). The molecule has 7 heteroatoms. The monoisotopic (exact) mass is 320 g/mol. The zero-order valence-electron chi connectivity index (χ0n) is 11.7. The van der Waals surface area contributed by atoms with Crippen molar-refractivity contribution in [2.75, 3.05) is 26.7 Å². The van der Waals surface area contributed by atoms with E-state index in [0.717, 1.165) is 6.42 Å². The number of hydrogen-bond donors (Lipinski definition) is 1. The van der Waals surface area contributed by atoms with E-state index in [-0.39, 0.29) is 18.3 Å². The second-order valence-corrected chi connectivity index (χ2v) is 6.79. The molecule has 1 fully saturated rings. The summed E-state index contributed by atoms with van der Waals surface area (Å²) in [6, 6.07) is 5.03. The van der Waals surface area contributed by atoms with Crippen LogP contribution in [0.4, 0.5) is 0 Å². The highest BCUT2D eigenvalue weighted by Gasteiger charge is 2.32. The number of halogens is 1. The maximum atomic E-state index is 12.6. The van der Waals surface area contributed by atoms with Crippen LogP contribution in [0.3, 0.4) is 0 Å². The Balaban J connectivity index is 0.00000200. The van der Waals surface area contributed by atoms with E-state index in [4.69, 9.17) is 10.5 Å². The van der Waals surface area contributed by atoms with Crippen LogP contribution in [0.1, 0.15) is 12.0 Å². The molecule has 1 unspecified atom stereocenters. The maximum absolute atomic E-state index is 12.6. The van der Waals surface area contributed by atoms with E-state index in [1.165, 1.54) is 4.31 Å². The molecule has 0 spiro atoms. The van der Waals surface area contributed by atoms with Crippen LogP contribution in [-0.4, -0.2) is 39.5 Å². The molecule has 1 aromatic carbocycles. The van der Waals surface area contributed by atoms with Gasteiger partial charge in [0.15, 0.2) is 0 Å². The summed E-state index contributed by atoms with van der Waals surface area (Å²) in [4.78, 5) is 0.353. The second kappa shape index (κ2) is 6.76. The van der Waals surface area contributed by atoms with Crippen molar-refractivity contribution in [3.63, 3.8) is 0 Å². The van der Waals surface area contributed by atoms with Crippen LogP contribution in [0, 0.1) is 12.8 Å². The lowest BCUT2D eigenvalue weighted by Gasteiger charge is -2.18. The number of nitrogens with two attached hydrogens (primary N) is 1. The molecule has 1 aromatic rings. The molecule has 0 aliphatic carbocycles. The standard InChI is InChI=1S/C13H20N2O3S.ClH/c1-10-7-12(18-2)3-4-13(10)19(16,17)15-6-5-11(8-14)9-15;/h3-4,7,11H,5-6,8-9,14H2,1-2H3;1H. The van der Waals surface area contributed by atoms with Crippen LogP contribution in [0.5, 0.6) is 5.75 Å². The Morgan fingerprint density at radius 3 is 2.65 bits per heavy atom. The second-order valence-electron chi connectivity index (χ2n) is 4.88. The molecule has 1 aliphatic rings. The maximum Gasteiger partial charge on any atom is 0.243 e. The van der Waals surface area contributed by atoms with E-state index < -0.39 is 10.0 Å². The molecule has 1 saturated heterocycles. The van der Waals surface area contributed by atoms with Gasteiger partial charge in [0, 0.05) is 13.1 Å². The van der Waals surface area contributed by atoms with Gasteiger partial charge in [0.05, 0.1) is 12.0 Å². The van der Waals surface area contributed by atoms with Crippen molar-refractivity contribution >= 4 is 22.4 Å².